The zero-order valence-corrected chi connectivity index (χ0v) is 14.5. The highest BCUT2D eigenvalue weighted by Crippen LogP contribution is 2.19. The molecule has 3 rings (SSSR count). The number of hydrogen-bond acceptors (Lipinski definition) is 3. The van der Waals surface area contributed by atoms with Crippen molar-refractivity contribution in [3.63, 3.8) is 0 Å². The molecule has 0 spiro atoms. The summed E-state index contributed by atoms with van der Waals surface area (Å²) < 4.78 is 6.42. The third-order valence-electron chi connectivity index (χ3n) is 4.45. The number of carbonyl (C=O) groups is 2. The van der Waals surface area contributed by atoms with Crippen LogP contribution >= 0.6 is 15.9 Å². The van der Waals surface area contributed by atoms with Gasteiger partial charge in [-0.05, 0) is 49.9 Å². The number of likely N-dealkylation sites (tertiary alicyclic amines) is 1. The number of benzene rings is 1. The molecule has 1 unspecified atom stereocenters. The second kappa shape index (κ2) is 7.45. The number of ether oxygens (including phenoxy) is 1. The Labute approximate surface area is 144 Å². The van der Waals surface area contributed by atoms with Crippen molar-refractivity contribution < 1.29 is 14.3 Å². The van der Waals surface area contributed by atoms with Gasteiger partial charge in [0.2, 0.25) is 0 Å². The Kier molecular flexibility index (Phi) is 5.33. The maximum absolute atomic E-state index is 12.3. The van der Waals surface area contributed by atoms with Crippen molar-refractivity contribution in [3.8, 4) is 0 Å². The largest absolute Gasteiger partial charge is 0.368 e. The number of rotatable bonds is 3. The Morgan fingerprint density at radius 3 is 2.43 bits per heavy atom. The minimum atomic E-state index is -0.246. The van der Waals surface area contributed by atoms with Crippen molar-refractivity contribution in [2.24, 2.45) is 0 Å². The Hall–Kier alpha value is -1.40. The first kappa shape index (κ1) is 16.5. The van der Waals surface area contributed by atoms with Gasteiger partial charge in [0.1, 0.15) is 6.10 Å². The van der Waals surface area contributed by atoms with Gasteiger partial charge in [-0.25, -0.2) is 0 Å². The second-order valence-corrected chi connectivity index (χ2v) is 7.00. The third kappa shape index (κ3) is 4.12. The van der Waals surface area contributed by atoms with Crippen molar-refractivity contribution in [1.82, 2.24) is 10.2 Å². The van der Waals surface area contributed by atoms with E-state index in [-0.39, 0.29) is 24.0 Å². The lowest BCUT2D eigenvalue weighted by Gasteiger charge is -2.33. The van der Waals surface area contributed by atoms with E-state index in [1.807, 2.05) is 17.0 Å². The monoisotopic (exact) mass is 380 g/mol. The SMILES string of the molecule is O=C(NC1CCN(C(=O)C2CCCO2)CC1)c1ccc(Br)cc1. The summed E-state index contributed by atoms with van der Waals surface area (Å²) in [5.74, 6) is 0.0570. The van der Waals surface area contributed by atoms with Crippen LogP contribution in [0.15, 0.2) is 28.7 Å². The summed E-state index contributed by atoms with van der Waals surface area (Å²) in [6.07, 6.45) is 3.14. The van der Waals surface area contributed by atoms with E-state index in [4.69, 9.17) is 4.74 Å². The average molecular weight is 381 g/mol. The first-order chi connectivity index (χ1) is 11.1. The predicted molar refractivity (Wildman–Crippen MR) is 90.2 cm³/mol. The van der Waals surface area contributed by atoms with E-state index in [1.54, 1.807) is 12.1 Å². The summed E-state index contributed by atoms with van der Waals surface area (Å²) in [7, 11) is 0. The lowest BCUT2D eigenvalue weighted by molar-refractivity contribution is -0.142. The third-order valence-corrected chi connectivity index (χ3v) is 4.98. The van der Waals surface area contributed by atoms with Gasteiger partial charge in [-0.1, -0.05) is 15.9 Å². The van der Waals surface area contributed by atoms with E-state index in [9.17, 15) is 9.59 Å². The van der Waals surface area contributed by atoms with Crippen LogP contribution in [0.2, 0.25) is 0 Å². The fraction of sp³-hybridized carbons (Fsp3) is 0.529. The summed E-state index contributed by atoms with van der Waals surface area (Å²) >= 11 is 3.36. The standard InChI is InChI=1S/C17H21BrN2O3/c18-13-5-3-12(4-6-13)16(21)19-14-7-9-20(10-8-14)17(22)15-2-1-11-23-15/h3-6,14-15H,1-2,7-11H2,(H,19,21). The maximum Gasteiger partial charge on any atom is 0.251 e. The van der Waals surface area contributed by atoms with Crippen LogP contribution in [0.25, 0.3) is 0 Å². The van der Waals surface area contributed by atoms with Crippen LogP contribution in [0.3, 0.4) is 0 Å². The maximum atomic E-state index is 12.3. The van der Waals surface area contributed by atoms with E-state index in [2.05, 4.69) is 21.2 Å². The molecule has 124 valence electrons. The molecule has 1 aromatic carbocycles. The zero-order valence-electron chi connectivity index (χ0n) is 13.0. The van der Waals surface area contributed by atoms with Crippen molar-refractivity contribution in [2.45, 2.75) is 37.8 Å². The molecule has 0 bridgehead atoms. The van der Waals surface area contributed by atoms with Crippen LogP contribution in [0, 0.1) is 0 Å². The number of hydrogen-bond donors (Lipinski definition) is 1. The van der Waals surface area contributed by atoms with E-state index < -0.39 is 0 Å². The molecule has 0 aliphatic carbocycles. The van der Waals surface area contributed by atoms with Crippen molar-refractivity contribution >= 4 is 27.7 Å². The first-order valence-corrected chi connectivity index (χ1v) is 8.89. The quantitative estimate of drug-likeness (QED) is 0.875. The number of carbonyl (C=O) groups excluding carboxylic acids is 2. The van der Waals surface area contributed by atoms with E-state index in [1.165, 1.54) is 0 Å². The van der Waals surface area contributed by atoms with Crippen LogP contribution in [0.4, 0.5) is 0 Å². The molecule has 0 saturated carbocycles. The normalized spacial score (nSPS) is 22.1. The fourth-order valence-corrected chi connectivity index (χ4v) is 3.35. The van der Waals surface area contributed by atoms with Gasteiger partial charge in [0, 0.05) is 35.8 Å². The number of piperidine rings is 1. The molecule has 1 atom stereocenters. The lowest BCUT2D eigenvalue weighted by atomic mass is 10.0. The molecule has 0 radical (unpaired) electrons. The van der Waals surface area contributed by atoms with Gasteiger partial charge >= 0.3 is 0 Å². The van der Waals surface area contributed by atoms with Crippen molar-refractivity contribution in [3.05, 3.63) is 34.3 Å². The lowest BCUT2D eigenvalue weighted by Crippen LogP contribution is -2.49. The predicted octanol–water partition coefficient (Wildman–Crippen LogP) is 2.35. The molecule has 2 heterocycles. The average Bonchev–Trinajstić information content (AvgIpc) is 3.10. The number of nitrogens with zero attached hydrogens (tertiary/aromatic N) is 1. The minimum absolute atomic E-state index is 0.0543. The number of amides is 2. The molecule has 2 fully saturated rings. The summed E-state index contributed by atoms with van der Waals surface area (Å²) in [6.45, 7) is 2.06. The molecule has 2 aliphatic rings. The van der Waals surface area contributed by atoms with Crippen LogP contribution in [-0.4, -0.2) is 48.6 Å². The van der Waals surface area contributed by atoms with Gasteiger partial charge in [0.05, 0.1) is 0 Å². The van der Waals surface area contributed by atoms with Gasteiger partial charge in [0.15, 0.2) is 0 Å². The Morgan fingerprint density at radius 2 is 1.83 bits per heavy atom. The highest BCUT2D eigenvalue weighted by atomic mass is 79.9. The molecule has 23 heavy (non-hydrogen) atoms. The molecular formula is C17H21BrN2O3. The van der Waals surface area contributed by atoms with Crippen LogP contribution in [0.1, 0.15) is 36.0 Å². The fourth-order valence-electron chi connectivity index (χ4n) is 3.09. The summed E-state index contributed by atoms with van der Waals surface area (Å²) in [5, 5.41) is 3.06. The molecule has 1 N–H and O–H groups in total. The summed E-state index contributed by atoms with van der Waals surface area (Å²) in [5.41, 5.74) is 0.658. The smallest absolute Gasteiger partial charge is 0.251 e. The van der Waals surface area contributed by atoms with Gasteiger partial charge in [-0.15, -0.1) is 0 Å². The van der Waals surface area contributed by atoms with Crippen LogP contribution in [0.5, 0.6) is 0 Å². The molecule has 0 aromatic heterocycles. The Balaban J connectivity index is 1.48. The van der Waals surface area contributed by atoms with Crippen LogP contribution in [-0.2, 0) is 9.53 Å². The number of nitrogens with one attached hydrogen (secondary N) is 1. The van der Waals surface area contributed by atoms with Gasteiger partial charge in [0.25, 0.3) is 11.8 Å². The highest BCUT2D eigenvalue weighted by molar-refractivity contribution is 9.10. The van der Waals surface area contributed by atoms with Crippen molar-refractivity contribution in [2.75, 3.05) is 19.7 Å². The van der Waals surface area contributed by atoms with Gasteiger partial charge in [-0.3, -0.25) is 9.59 Å². The van der Waals surface area contributed by atoms with Gasteiger partial charge < -0.3 is 15.0 Å². The van der Waals surface area contributed by atoms with E-state index in [0.717, 1.165) is 30.2 Å². The topological polar surface area (TPSA) is 58.6 Å². The Bertz CT molecular complexity index is 562. The molecule has 5 nitrogen and oxygen atoms in total. The minimum Gasteiger partial charge on any atom is -0.368 e. The second-order valence-electron chi connectivity index (χ2n) is 6.08. The van der Waals surface area contributed by atoms with E-state index in [0.29, 0.717) is 25.3 Å². The molecule has 6 heteroatoms. The molecule has 2 aliphatic heterocycles. The van der Waals surface area contributed by atoms with E-state index >= 15 is 0 Å². The molecular weight excluding hydrogens is 360 g/mol. The first-order valence-electron chi connectivity index (χ1n) is 8.10. The zero-order chi connectivity index (χ0) is 16.2. The molecule has 1 aromatic rings. The summed E-state index contributed by atoms with van der Waals surface area (Å²) in [6, 6.07) is 7.44. The van der Waals surface area contributed by atoms with Crippen molar-refractivity contribution in [1.29, 1.82) is 0 Å². The summed E-state index contributed by atoms with van der Waals surface area (Å²) in [4.78, 5) is 26.4. The Morgan fingerprint density at radius 1 is 1.13 bits per heavy atom. The molecule has 2 amide bonds. The van der Waals surface area contributed by atoms with Gasteiger partial charge in [-0.2, -0.15) is 0 Å². The molecule has 2 saturated heterocycles. The highest BCUT2D eigenvalue weighted by Gasteiger charge is 2.31. The van der Waals surface area contributed by atoms with Crippen LogP contribution < -0.4 is 5.32 Å². The number of halogens is 1.